The minimum absolute atomic E-state index is 0.0312. The Hall–Kier alpha value is -1.35. The summed E-state index contributed by atoms with van der Waals surface area (Å²) in [5.41, 5.74) is 0.577. The second-order valence-electron chi connectivity index (χ2n) is 5.59. The highest BCUT2D eigenvalue weighted by Crippen LogP contribution is 2.53. The Kier molecular flexibility index (Phi) is 3.09. The number of hydrogen-bond donors (Lipinski definition) is 1. The molecule has 3 nitrogen and oxygen atoms in total. The number of aliphatic carboxylic acids is 1. The van der Waals surface area contributed by atoms with Gasteiger partial charge < -0.3 is 5.11 Å². The fourth-order valence-corrected chi connectivity index (χ4v) is 3.96. The van der Waals surface area contributed by atoms with E-state index >= 15 is 0 Å². The van der Waals surface area contributed by atoms with Gasteiger partial charge in [0.1, 0.15) is 0 Å². The van der Waals surface area contributed by atoms with Crippen LogP contribution in [0.1, 0.15) is 29.6 Å². The molecular formula is C15H15ClO3. The molecule has 2 fully saturated rings. The van der Waals surface area contributed by atoms with E-state index in [1.54, 1.807) is 24.3 Å². The number of fused-ring (bicyclic) bond motifs is 2. The van der Waals surface area contributed by atoms with E-state index in [2.05, 4.69) is 0 Å². The third-order valence-electron chi connectivity index (χ3n) is 4.63. The molecule has 100 valence electrons. The minimum atomic E-state index is -0.820. The van der Waals surface area contributed by atoms with Crippen molar-refractivity contribution >= 4 is 23.4 Å². The third kappa shape index (κ3) is 2.06. The predicted molar refractivity (Wildman–Crippen MR) is 71.2 cm³/mol. The van der Waals surface area contributed by atoms with Crippen LogP contribution in [-0.4, -0.2) is 16.9 Å². The van der Waals surface area contributed by atoms with Gasteiger partial charge in [0, 0.05) is 16.5 Å². The first kappa shape index (κ1) is 12.7. The van der Waals surface area contributed by atoms with Gasteiger partial charge in [0.05, 0.1) is 5.92 Å². The van der Waals surface area contributed by atoms with Crippen molar-refractivity contribution in [2.24, 2.45) is 23.7 Å². The number of halogens is 1. The molecule has 0 saturated heterocycles. The summed E-state index contributed by atoms with van der Waals surface area (Å²) in [4.78, 5) is 24.0. The van der Waals surface area contributed by atoms with Crippen LogP contribution in [0.2, 0.25) is 5.02 Å². The standard InChI is InChI=1S/C15H15ClO3/c16-11-5-3-8(4-6-11)14(17)12-9-1-2-10(7-9)13(12)15(18)19/h3-6,9-10,12-13H,1-2,7H2,(H,18,19). The molecule has 0 aromatic heterocycles. The van der Waals surface area contributed by atoms with Gasteiger partial charge in [0.2, 0.25) is 0 Å². The number of benzene rings is 1. The monoisotopic (exact) mass is 278 g/mol. The van der Waals surface area contributed by atoms with E-state index in [-0.39, 0.29) is 23.5 Å². The number of carboxylic acids is 1. The Balaban J connectivity index is 1.90. The molecule has 4 atom stereocenters. The molecular weight excluding hydrogens is 264 g/mol. The van der Waals surface area contributed by atoms with Crippen molar-refractivity contribution in [1.82, 2.24) is 0 Å². The van der Waals surface area contributed by atoms with Gasteiger partial charge in [-0.15, -0.1) is 0 Å². The molecule has 4 heteroatoms. The molecule has 4 unspecified atom stereocenters. The molecule has 0 amide bonds. The summed E-state index contributed by atoms with van der Waals surface area (Å²) in [7, 11) is 0. The van der Waals surface area contributed by atoms with Gasteiger partial charge in [0.25, 0.3) is 0 Å². The van der Waals surface area contributed by atoms with Gasteiger partial charge in [-0.25, -0.2) is 0 Å². The average Bonchev–Trinajstić information content (AvgIpc) is 2.98. The van der Waals surface area contributed by atoms with Crippen LogP contribution < -0.4 is 0 Å². The van der Waals surface area contributed by atoms with Crippen molar-refractivity contribution in [3.05, 3.63) is 34.9 Å². The molecule has 3 rings (SSSR count). The number of hydrogen-bond acceptors (Lipinski definition) is 2. The molecule has 1 aromatic rings. The summed E-state index contributed by atoms with van der Waals surface area (Å²) in [6.07, 6.45) is 2.82. The van der Waals surface area contributed by atoms with Crippen LogP contribution >= 0.6 is 11.6 Å². The van der Waals surface area contributed by atoms with Gasteiger partial charge in [-0.2, -0.15) is 0 Å². The molecule has 0 heterocycles. The van der Waals surface area contributed by atoms with E-state index in [0.717, 1.165) is 19.3 Å². The SMILES string of the molecule is O=C(O)C1C2CCC(C2)C1C(=O)c1ccc(Cl)cc1. The third-order valence-corrected chi connectivity index (χ3v) is 4.88. The van der Waals surface area contributed by atoms with E-state index in [1.807, 2.05) is 0 Å². The summed E-state index contributed by atoms with van der Waals surface area (Å²) in [5.74, 6) is -1.27. The zero-order valence-corrected chi connectivity index (χ0v) is 11.1. The molecule has 1 aromatic carbocycles. The molecule has 2 aliphatic carbocycles. The number of carboxylic acid groups (broad SMARTS) is 1. The lowest BCUT2D eigenvalue weighted by Crippen LogP contribution is -2.34. The molecule has 2 bridgehead atoms. The number of carbonyl (C=O) groups excluding carboxylic acids is 1. The number of rotatable bonds is 3. The van der Waals surface area contributed by atoms with E-state index in [0.29, 0.717) is 10.6 Å². The first-order chi connectivity index (χ1) is 9.08. The zero-order chi connectivity index (χ0) is 13.6. The summed E-state index contributed by atoms with van der Waals surface area (Å²) < 4.78 is 0. The Morgan fingerprint density at radius 1 is 1.05 bits per heavy atom. The second kappa shape index (κ2) is 4.64. The van der Waals surface area contributed by atoms with Crippen molar-refractivity contribution in [1.29, 1.82) is 0 Å². The molecule has 0 aliphatic heterocycles. The van der Waals surface area contributed by atoms with Crippen molar-refractivity contribution in [2.45, 2.75) is 19.3 Å². The van der Waals surface area contributed by atoms with Crippen LogP contribution in [0.5, 0.6) is 0 Å². The van der Waals surface area contributed by atoms with Crippen LogP contribution in [0, 0.1) is 23.7 Å². The zero-order valence-electron chi connectivity index (χ0n) is 10.4. The molecule has 19 heavy (non-hydrogen) atoms. The summed E-state index contributed by atoms with van der Waals surface area (Å²) in [6.45, 7) is 0. The molecule has 0 spiro atoms. The highest BCUT2D eigenvalue weighted by Gasteiger charge is 2.53. The largest absolute Gasteiger partial charge is 0.481 e. The summed E-state index contributed by atoms with van der Waals surface area (Å²) >= 11 is 5.81. The van der Waals surface area contributed by atoms with Crippen LogP contribution in [0.15, 0.2) is 24.3 Å². The summed E-state index contributed by atoms with van der Waals surface area (Å²) in [5, 5.41) is 9.95. The first-order valence-corrected chi connectivity index (χ1v) is 6.98. The van der Waals surface area contributed by atoms with Crippen LogP contribution in [0.3, 0.4) is 0 Å². The molecule has 2 aliphatic rings. The van der Waals surface area contributed by atoms with Crippen molar-refractivity contribution in [3.63, 3.8) is 0 Å². The number of Topliss-reactive ketones (excluding diaryl/α,β-unsaturated/α-hetero) is 1. The number of ketones is 1. The maximum atomic E-state index is 12.6. The van der Waals surface area contributed by atoms with E-state index < -0.39 is 11.9 Å². The molecule has 2 saturated carbocycles. The van der Waals surface area contributed by atoms with Gasteiger partial charge in [-0.1, -0.05) is 11.6 Å². The van der Waals surface area contributed by atoms with Gasteiger partial charge in [0.15, 0.2) is 5.78 Å². The van der Waals surface area contributed by atoms with Crippen LogP contribution in [0.4, 0.5) is 0 Å². The lowest BCUT2D eigenvalue weighted by Gasteiger charge is -2.26. The van der Waals surface area contributed by atoms with E-state index in [4.69, 9.17) is 11.6 Å². The molecule has 1 N–H and O–H groups in total. The number of carbonyl (C=O) groups is 2. The smallest absolute Gasteiger partial charge is 0.307 e. The molecule has 0 radical (unpaired) electrons. The average molecular weight is 279 g/mol. The normalized spacial score (nSPS) is 32.5. The lowest BCUT2D eigenvalue weighted by atomic mass is 9.75. The Bertz CT molecular complexity index is 523. The van der Waals surface area contributed by atoms with Gasteiger partial charge in [-0.05, 0) is 55.4 Å². The Morgan fingerprint density at radius 2 is 1.63 bits per heavy atom. The van der Waals surface area contributed by atoms with Crippen LogP contribution in [-0.2, 0) is 4.79 Å². The second-order valence-corrected chi connectivity index (χ2v) is 6.03. The van der Waals surface area contributed by atoms with Crippen LogP contribution in [0.25, 0.3) is 0 Å². The first-order valence-electron chi connectivity index (χ1n) is 6.60. The predicted octanol–water partition coefficient (Wildman–Crippen LogP) is 3.27. The maximum Gasteiger partial charge on any atom is 0.307 e. The fraction of sp³-hybridized carbons (Fsp3) is 0.467. The van der Waals surface area contributed by atoms with Gasteiger partial charge >= 0.3 is 5.97 Å². The van der Waals surface area contributed by atoms with Crippen molar-refractivity contribution < 1.29 is 14.7 Å². The Morgan fingerprint density at radius 3 is 2.21 bits per heavy atom. The lowest BCUT2D eigenvalue weighted by molar-refractivity contribution is -0.144. The highest BCUT2D eigenvalue weighted by molar-refractivity contribution is 6.30. The van der Waals surface area contributed by atoms with Gasteiger partial charge in [-0.3, -0.25) is 9.59 Å². The van der Waals surface area contributed by atoms with E-state index in [1.165, 1.54) is 0 Å². The van der Waals surface area contributed by atoms with E-state index in [9.17, 15) is 14.7 Å². The van der Waals surface area contributed by atoms with Crippen molar-refractivity contribution in [3.8, 4) is 0 Å². The quantitative estimate of drug-likeness (QED) is 0.864. The maximum absolute atomic E-state index is 12.6. The Labute approximate surface area is 116 Å². The highest BCUT2D eigenvalue weighted by atomic mass is 35.5. The van der Waals surface area contributed by atoms with Crippen molar-refractivity contribution in [2.75, 3.05) is 0 Å². The summed E-state index contributed by atoms with van der Waals surface area (Å²) in [6, 6.07) is 6.74. The minimum Gasteiger partial charge on any atom is -0.481 e. The fourth-order valence-electron chi connectivity index (χ4n) is 3.83. The topological polar surface area (TPSA) is 54.4 Å².